The van der Waals surface area contributed by atoms with Crippen molar-refractivity contribution in [1.82, 2.24) is 20.4 Å². The summed E-state index contributed by atoms with van der Waals surface area (Å²) in [5.74, 6) is 0.373. The SMILES string of the molecule is O=C(Nc1cc2c(Cl)[nH]nc2cc1F)Nc1[nH]ncc1C1CC1. The van der Waals surface area contributed by atoms with Gasteiger partial charge < -0.3 is 5.32 Å². The molecule has 9 heteroatoms. The first-order chi connectivity index (χ1) is 11.1. The number of halogens is 2. The number of nitrogens with one attached hydrogen (secondary N) is 4. The van der Waals surface area contributed by atoms with Crippen LogP contribution in [0.1, 0.15) is 24.3 Å². The molecule has 23 heavy (non-hydrogen) atoms. The maximum absolute atomic E-state index is 14.0. The van der Waals surface area contributed by atoms with Gasteiger partial charge in [-0.2, -0.15) is 10.2 Å². The molecule has 7 nitrogen and oxygen atoms in total. The zero-order chi connectivity index (χ0) is 16.0. The molecule has 2 heterocycles. The fourth-order valence-electron chi connectivity index (χ4n) is 2.46. The number of hydrogen-bond donors (Lipinski definition) is 4. The lowest BCUT2D eigenvalue weighted by molar-refractivity contribution is 0.262. The van der Waals surface area contributed by atoms with Gasteiger partial charge in [-0.3, -0.25) is 15.5 Å². The lowest BCUT2D eigenvalue weighted by atomic mass is 10.2. The van der Waals surface area contributed by atoms with Crippen molar-refractivity contribution in [3.63, 3.8) is 0 Å². The van der Waals surface area contributed by atoms with Crippen LogP contribution < -0.4 is 10.6 Å². The van der Waals surface area contributed by atoms with E-state index in [9.17, 15) is 9.18 Å². The lowest BCUT2D eigenvalue weighted by Gasteiger charge is -2.08. The molecule has 2 amide bonds. The number of fused-ring (bicyclic) bond motifs is 1. The smallest absolute Gasteiger partial charge is 0.305 e. The standard InChI is InChI=1S/C14H12ClFN6O/c15-12-7-3-11(9(16)4-10(7)20-21-12)18-14(23)19-13-8(5-17-22-13)6-1-2-6/h3-6H,1-2H2,(H,20,21)(H3,17,18,19,22,23). The first-order valence-corrected chi connectivity index (χ1v) is 7.44. The van der Waals surface area contributed by atoms with E-state index in [1.165, 1.54) is 12.1 Å². The van der Waals surface area contributed by atoms with Gasteiger partial charge in [0.15, 0.2) is 0 Å². The van der Waals surface area contributed by atoms with Crippen LogP contribution in [-0.2, 0) is 0 Å². The summed E-state index contributed by atoms with van der Waals surface area (Å²) in [5, 5.41) is 19.0. The van der Waals surface area contributed by atoms with Crippen LogP contribution in [0.3, 0.4) is 0 Å². The molecule has 1 fully saturated rings. The molecule has 0 radical (unpaired) electrons. The van der Waals surface area contributed by atoms with E-state index in [0.29, 0.717) is 22.6 Å². The molecule has 0 aliphatic heterocycles. The highest BCUT2D eigenvalue weighted by Gasteiger charge is 2.28. The van der Waals surface area contributed by atoms with Gasteiger partial charge in [-0.25, -0.2) is 9.18 Å². The Morgan fingerprint density at radius 2 is 2.13 bits per heavy atom. The second-order valence-corrected chi connectivity index (χ2v) is 5.82. The highest BCUT2D eigenvalue weighted by molar-refractivity contribution is 6.34. The molecule has 1 aliphatic carbocycles. The van der Waals surface area contributed by atoms with Crippen LogP contribution in [0.25, 0.3) is 10.9 Å². The molecule has 0 unspecified atom stereocenters. The normalized spacial score (nSPS) is 14.2. The topological polar surface area (TPSA) is 98.5 Å². The van der Waals surface area contributed by atoms with Crippen molar-refractivity contribution in [2.45, 2.75) is 18.8 Å². The number of nitrogens with zero attached hydrogens (tertiary/aromatic N) is 2. The number of aromatic nitrogens is 4. The van der Waals surface area contributed by atoms with Crippen LogP contribution >= 0.6 is 11.6 Å². The zero-order valence-electron chi connectivity index (χ0n) is 11.8. The van der Waals surface area contributed by atoms with Crippen LogP contribution in [0.4, 0.5) is 20.7 Å². The predicted molar refractivity (Wildman–Crippen MR) is 84.3 cm³/mol. The van der Waals surface area contributed by atoms with Crippen LogP contribution in [-0.4, -0.2) is 26.4 Å². The Bertz CT molecular complexity index is 900. The number of urea groups is 1. The Labute approximate surface area is 134 Å². The minimum absolute atomic E-state index is 0.0192. The molecule has 3 aromatic rings. The largest absolute Gasteiger partial charge is 0.324 e. The van der Waals surface area contributed by atoms with Crippen LogP contribution in [0.15, 0.2) is 18.3 Å². The van der Waals surface area contributed by atoms with E-state index in [4.69, 9.17) is 11.6 Å². The summed E-state index contributed by atoms with van der Waals surface area (Å²) in [4.78, 5) is 12.1. The fraction of sp³-hybridized carbons (Fsp3) is 0.214. The summed E-state index contributed by atoms with van der Waals surface area (Å²) in [7, 11) is 0. The fourth-order valence-corrected chi connectivity index (χ4v) is 2.66. The Morgan fingerprint density at radius 3 is 2.91 bits per heavy atom. The molecule has 1 saturated carbocycles. The number of H-pyrrole nitrogens is 2. The van der Waals surface area contributed by atoms with E-state index in [1.807, 2.05) is 0 Å². The molecule has 0 bridgehead atoms. The van der Waals surface area contributed by atoms with Crippen molar-refractivity contribution in [2.75, 3.05) is 10.6 Å². The summed E-state index contributed by atoms with van der Waals surface area (Å²) < 4.78 is 14.0. The number of carbonyl (C=O) groups excluding carboxylic acids is 1. The number of anilines is 2. The molecular weight excluding hydrogens is 323 g/mol. The van der Waals surface area contributed by atoms with E-state index < -0.39 is 11.8 Å². The number of rotatable bonds is 3. The van der Waals surface area contributed by atoms with Gasteiger partial charge in [-0.1, -0.05) is 11.6 Å². The average Bonchev–Trinajstić information content (AvgIpc) is 3.17. The van der Waals surface area contributed by atoms with Crippen molar-refractivity contribution >= 4 is 40.0 Å². The quantitative estimate of drug-likeness (QED) is 0.589. The average molecular weight is 335 g/mol. The molecule has 0 spiro atoms. The molecule has 118 valence electrons. The van der Waals surface area contributed by atoms with Crippen molar-refractivity contribution in [3.05, 3.63) is 34.9 Å². The van der Waals surface area contributed by atoms with Gasteiger partial charge in [0.25, 0.3) is 0 Å². The van der Waals surface area contributed by atoms with E-state index in [0.717, 1.165) is 18.4 Å². The number of hydrogen-bond acceptors (Lipinski definition) is 3. The number of amides is 2. The van der Waals surface area contributed by atoms with Gasteiger partial charge >= 0.3 is 6.03 Å². The van der Waals surface area contributed by atoms with Crippen LogP contribution in [0, 0.1) is 5.82 Å². The van der Waals surface area contributed by atoms with Crippen LogP contribution in [0.5, 0.6) is 0 Å². The Morgan fingerprint density at radius 1 is 1.30 bits per heavy atom. The third-order valence-electron chi connectivity index (χ3n) is 3.77. The van der Waals surface area contributed by atoms with Gasteiger partial charge in [0.2, 0.25) is 0 Å². The summed E-state index contributed by atoms with van der Waals surface area (Å²) in [5.41, 5.74) is 1.38. The molecule has 0 saturated heterocycles. The summed E-state index contributed by atoms with van der Waals surface area (Å²) in [6, 6.07) is 2.08. The van der Waals surface area contributed by atoms with Crippen molar-refractivity contribution < 1.29 is 9.18 Å². The second kappa shape index (κ2) is 5.24. The van der Waals surface area contributed by atoms with Gasteiger partial charge in [0, 0.05) is 17.0 Å². The van der Waals surface area contributed by atoms with Crippen molar-refractivity contribution in [2.24, 2.45) is 0 Å². The van der Waals surface area contributed by atoms with E-state index in [2.05, 4.69) is 31.0 Å². The zero-order valence-corrected chi connectivity index (χ0v) is 12.5. The van der Waals surface area contributed by atoms with Crippen LogP contribution in [0.2, 0.25) is 5.15 Å². The summed E-state index contributed by atoms with van der Waals surface area (Å²) >= 11 is 5.93. The van der Waals surface area contributed by atoms with Crippen molar-refractivity contribution in [1.29, 1.82) is 0 Å². The number of aromatic amines is 2. The monoisotopic (exact) mass is 334 g/mol. The molecule has 2 aromatic heterocycles. The Balaban J connectivity index is 1.55. The first kappa shape index (κ1) is 14.0. The van der Waals surface area contributed by atoms with Crippen molar-refractivity contribution in [3.8, 4) is 0 Å². The predicted octanol–water partition coefficient (Wildman–Crippen LogP) is 3.60. The summed E-state index contributed by atoms with van der Waals surface area (Å²) in [6.45, 7) is 0. The third-order valence-corrected chi connectivity index (χ3v) is 4.06. The van der Waals surface area contributed by atoms with E-state index >= 15 is 0 Å². The van der Waals surface area contributed by atoms with E-state index in [-0.39, 0.29) is 10.8 Å². The third kappa shape index (κ3) is 2.61. The maximum Gasteiger partial charge on any atom is 0.324 e. The highest BCUT2D eigenvalue weighted by atomic mass is 35.5. The molecular formula is C14H12ClFN6O. The Hall–Kier alpha value is -2.61. The van der Waals surface area contributed by atoms with Gasteiger partial charge in [-0.05, 0) is 24.8 Å². The minimum Gasteiger partial charge on any atom is -0.305 e. The Kier molecular flexibility index (Phi) is 3.19. The molecule has 4 rings (SSSR count). The molecule has 1 aromatic carbocycles. The van der Waals surface area contributed by atoms with Gasteiger partial charge in [0.1, 0.15) is 16.8 Å². The summed E-state index contributed by atoms with van der Waals surface area (Å²) in [6.07, 6.45) is 3.87. The highest BCUT2D eigenvalue weighted by Crippen LogP contribution is 2.42. The molecule has 0 atom stereocenters. The second-order valence-electron chi connectivity index (χ2n) is 5.44. The molecule has 1 aliphatic rings. The molecule has 4 N–H and O–H groups in total. The van der Waals surface area contributed by atoms with Gasteiger partial charge in [-0.15, -0.1) is 0 Å². The van der Waals surface area contributed by atoms with E-state index in [1.54, 1.807) is 6.20 Å². The minimum atomic E-state index is -0.595. The first-order valence-electron chi connectivity index (χ1n) is 7.06. The lowest BCUT2D eigenvalue weighted by Crippen LogP contribution is -2.21. The number of carbonyl (C=O) groups is 1. The number of benzene rings is 1. The maximum atomic E-state index is 14.0. The van der Waals surface area contributed by atoms with Gasteiger partial charge in [0.05, 0.1) is 17.4 Å².